The molecule has 0 amide bonds. The van der Waals surface area contributed by atoms with Gasteiger partial charge >= 0.3 is 0 Å². The number of thioether (sulfide) groups is 1. The van der Waals surface area contributed by atoms with E-state index in [4.69, 9.17) is 4.42 Å². The Morgan fingerprint density at radius 3 is 2.47 bits per heavy atom. The average Bonchev–Trinajstić information content (AvgIpc) is 3.36. The molecule has 4 aromatic rings. The van der Waals surface area contributed by atoms with Gasteiger partial charge in [0.2, 0.25) is 11.8 Å². The predicted molar refractivity (Wildman–Crippen MR) is 111 cm³/mol. The second-order valence-corrected chi connectivity index (χ2v) is 7.97. The molecule has 0 spiro atoms. The summed E-state index contributed by atoms with van der Waals surface area (Å²) < 4.78 is 7.81. The van der Waals surface area contributed by atoms with Gasteiger partial charge in [-0.25, -0.2) is 0 Å². The smallest absolute Gasteiger partial charge is 0.269 e. The summed E-state index contributed by atoms with van der Waals surface area (Å²) in [6.07, 6.45) is 0. The van der Waals surface area contributed by atoms with Crippen LogP contribution in [0.2, 0.25) is 0 Å². The molecule has 0 aliphatic carbocycles. The number of rotatable bonds is 6. The van der Waals surface area contributed by atoms with Crippen LogP contribution in [0.25, 0.3) is 17.1 Å². The molecule has 4 rings (SSSR count). The quantitative estimate of drug-likeness (QED) is 0.250. The fourth-order valence-electron chi connectivity index (χ4n) is 2.96. The Labute approximate surface area is 176 Å². The molecule has 0 bridgehead atoms. The number of nitrogens with zero attached hydrogens (tertiary/aromatic N) is 6. The van der Waals surface area contributed by atoms with Crippen molar-refractivity contribution in [2.45, 2.75) is 31.2 Å². The summed E-state index contributed by atoms with van der Waals surface area (Å²) in [6, 6.07) is 14.0. The van der Waals surface area contributed by atoms with Gasteiger partial charge in [-0.15, -0.1) is 20.4 Å². The molecule has 2 heterocycles. The average molecular weight is 422 g/mol. The van der Waals surface area contributed by atoms with Crippen LogP contribution in [0.1, 0.15) is 29.5 Å². The SMILES string of the molecule is Cc1ccccc1-n1c(C)nnc1SC(C)c1nnc(-c2ccc([N+](=O)[O-])cc2)o1. The molecule has 30 heavy (non-hydrogen) atoms. The number of hydrogen-bond donors (Lipinski definition) is 0. The Kier molecular flexibility index (Phi) is 5.32. The Hall–Kier alpha value is -3.53. The fraction of sp³-hybridized carbons (Fsp3) is 0.200. The van der Waals surface area contributed by atoms with E-state index in [0.29, 0.717) is 17.3 Å². The molecule has 0 N–H and O–H groups in total. The van der Waals surface area contributed by atoms with Crippen molar-refractivity contribution >= 4 is 17.4 Å². The van der Waals surface area contributed by atoms with Crippen LogP contribution in [0, 0.1) is 24.0 Å². The maximum absolute atomic E-state index is 10.8. The van der Waals surface area contributed by atoms with Gasteiger partial charge in [-0.1, -0.05) is 30.0 Å². The molecule has 0 aliphatic heterocycles. The van der Waals surface area contributed by atoms with Gasteiger partial charge in [-0.2, -0.15) is 0 Å². The van der Waals surface area contributed by atoms with Crippen LogP contribution in [0.4, 0.5) is 5.69 Å². The van der Waals surface area contributed by atoms with Gasteiger partial charge in [0.15, 0.2) is 5.16 Å². The van der Waals surface area contributed by atoms with Crippen molar-refractivity contribution in [2.75, 3.05) is 0 Å². The van der Waals surface area contributed by atoms with Gasteiger partial charge in [0.25, 0.3) is 5.69 Å². The molecular weight excluding hydrogens is 404 g/mol. The molecule has 10 heteroatoms. The third-order valence-electron chi connectivity index (χ3n) is 4.55. The molecule has 1 unspecified atom stereocenters. The lowest BCUT2D eigenvalue weighted by atomic mass is 10.2. The lowest BCUT2D eigenvalue weighted by molar-refractivity contribution is -0.384. The number of benzene rings is 2. The molecule has 152 valence electrons. The van der Waals surface area contributed by atoms with Crippen molar-refractivity contribution in [1.29, 1.82) is 0 Å². The van der Waals surface area contributed by atoms with Crippen molar-refractivity contribution in [1.82, 2.24) is 25.0 Å². The summed E-state index contributed by atoms with van der Waals surface area (Å²) in [5.74, 6) is 1.53. The number of nitro groups is 1. The van der Waals surface area contributed by atoms with Crippen molar-refractivity contribution in [2.24, 2.45) is 0 Å². The normalized spacial score (nSPS) is 12.1. The predicted octanol–water partition coefficient (Wildman–Crippen LogP) is 4.70. The van der Waals surface area contributed by atoms with Crippen LogP contribution in [-0.4, -0.2) is 29.9 Å². The van der Waals surface area contributed by atoms with Crippen molar-refractivity contribution in [3.8, 4) is 17.1 Å². The minimum Gasteiger partial charge on any atom is -0.419 e. The van der Waals surface area contributed by atoms with Crippen LogP contribution in [0.3, 0.4) is 0 Å². The highest BCUT2D eigenvalue weighted by Gasteiger charge is 2.21. The van der Waals surface area contributed by atoms with E-state index in [1.165, 1.54) is 23.9 Å². The summed E-state index contributed by atoms with van der Waals surface area (Å²) in [6.45, 7) is 5.90. The van der Waals surface area contributed by atoms with E-state index in [0.717, 1.165) is 22.2 Å². The van der Waals surface area contributed by atoms with Crippen molar-refractivity contribution in [3.05, 3.63) is 75.9 Å². The van der Waals surface area contributed by atoms with Gasteiger partial charge in [-0.3, -0.25) is 14.7 Å². The van der Waals surface area contributed by atoms with E-state index >= 15 is 0 Å². The van der Waals surface area contributed by atoms with E-state index in [9.17, 15) is 10.1 Å². The fourth-order valence-corrected chi connectivity index (χ4v) is 3.90. The topological polar surface area (TPSA) is 113 Å². The van der Waals surface area contributed by atoms with E-state index in [1.54, 1.807) is 12.1 Å². The number of hydrogen-bond acceptors (Lipinski definition) is 8. The Balaban J connectivity index is 1.57. The van der Waals surface area contributed by atoms with Crippen LogP contribution < -0.4 is 0 Å². The van der Waals surface area contributed by atoms with E-state index in [2.05, 4.69) is 20.4 Å². The molecule has 9 nitrogen and oxygen atoms in total. The van der Waals surface area contributed by atoms with Crippen LogP contribution in [-0.2, 0) is 0 Å². The molecular formula is C20H18N6O3S. The largest absolute Gasteiger partial charge is 0.419 e. The summed E-state index contributed by atoms with van der Waals surface area (Å²) in [4.78, 5) is 10.4. The van der Waals surface area contributed by atoms with Gasteiger partial charge in [0, 0.05) is 17.7 Å². The number of aromatic nitrogens is 5. The van der Waals surface area contributed by atoms with Gasteiger partial charge in [0.1, 0.15) is 5.82 Å². The lowest BCUT2D eigenvalue weighted by Crippen LogP contribution is -2.02. The molecule has 0 aliphatic rings. The molecule has 1 atom stereocenters. The first kappa shape index (κ1) is 19.8. The van der Waals surface area contributed by atoms with Gasteiger partial charge in [0.05, 0.1) is 15.9 Å². The third kappa shape index (κ3) is 3.81. The molecule has 2 aromatic heterocycles. The lowest BCUT2D eigenvalue weighted by Gasteiger charge is -2.12. The Morgan fingerprint density at radius 2 is 1.77 bits per heavy atom. The van der Waals surface area contributed by atoms with E-state index in [1.807, 2.05) is 49.6 Å². The van der Waals surface area contributed by atoms with Gasteiger partial charge in [-0.05, 0) is 44.5 Å². The maximum Gasteiger partial charge on any atom is 0.269 e. The highest BCUT2D eigenvalue weighted by Crippen LogP contribution is 2.36. The van der Waals surface area contributed by atoms with Gasteiger partial charge < -0.3 is 4.42 Å². The number of aryl methyl sites for hydroxylation is 2. The first-order valence-corrected chi connectivity index (χ1v) is 10.0. The molecule has 0 saturated carbocycles. The van der Waals surface area contributed by atoms with Crippen LogP contribution >= 0.6 is 11.8 Å². The highest BCUT2D eigenvalue weighted by atomic mass is 32.2. The van der Waals surface area contributed by atoms with Crippen LogP contribution in [0.5, 0.6) is 0 Å². The monoisotopic (exact) mass is 422 g/mol. The summed E-state index contributed by atoms with van der Waals surface area (Å²) in [7, 11) is 0. The van der Waals surface area contributed by atoms with Crippen LogP contribution in [0.15, 0.2) is 58.1 Å². The minimum atomic E-state index is -0.450. The third-order valence-corrected chi connectivity index (χ3v) is 5.58. The number of para-hydroxylation sites is 1. The standard InChI is InChI=1S/C20H18N6O3S/c1-12-6-4-5-7-17(12)25-14(3)21-24-20(25)30-13(2)18-22-23-19(29-18)15-8-10-16(11-9-15)26(27)28/h4-11,13H,1-3H3. The maximum atomic E-state index is 10.8. The first-order chi connectivity index (χ1) is 14.4. The summed E-state index contributed by atoms with van der Waals surface area (Å²) >= 11 is 1.47. The summed E-state index contributed by atoms with van der Waals surface area (Å²) in [5.41, 5.74) is 2.77. The van der Waals surface area contributed by atoms with E-state index in [-0.39, 0.29) is 10.9 Å². The highest BCUT2D eigenvalue weighted by molar-refractivity contribution is 7.99. The molecule has 0 fully saturated rings. The Morgan fingerprint density at radius 1 is 1.03 bits per heavy atom. The zero-order valence-corrected chi connectivity index (χ0v) is 17.3. The minimum absolute atomic E-state index is 0.00771. The zero-order chi connectivity index (χ0) is 21.3. The second kappa shape index (κ2) is 8.07. The molecule has 0 radical (unpaired) electrons. The first-order valence-electron chi connectivity index (χ1n) is 9.17. The molecule has 2 aromatic carbocycles. The number of non-ortho nitro benzene ring substituents is 1. The zero-order valence-electron chi connectivity index (χ0n) is 16.5. The summed E-state index contributed by atoms with van der Waals surface area (Å²) in [5, 5.41) is 28.1. The second-order valence-electron chi connectivity index (χ2n) is 6.66. The molecule has 0 saturated heterocycles. The van der Waals surface area contributed by atoms with Crippen molar-refractivity contribution < 1.29 is 9.34 Å². The van der Waals surface area contributed by atoms with Crippen molar-refractivity contribution in [3.63, 3.8) is 0 Å². The van der Waals surface area contributed by atoms with E-state index < -0.39 is 4.92 Å². The Bertz CT molecular complexity index is 1200. The number of nitro benzene ring substituents is 1.